The molecule has 5 nitrogen and oxygen atoms in total. The molecule has 1 aliphatic rings. The van der Waals surface area contributed by atoms with Gasteiger partial charge in [0.25, 0.3) is 0 Å². The van der Waals surface area contributed by atoms with E-state index in [1.165, 1.54) is 13.2 Å². The van der Waals surface area contributed by atoms with Gasteiger partial charge in [0, 0.05) is 12.2 Å². The zero-order chi connectivity index (χ0) is 14.6. The van der Waals surface area contributed by atoms with E-state index in [4.69, 9.17) is 10.5 Å². The van der Waals surface area contributed by atoms with Crippen molar-refractivity contribution in [1.82, 2.24) is 4.72 Å². The predicted molar refractivity (Wildman–Crippen MR) is 79.1 cm³/mol. The van der Waals surface area contributed by atoms with Crippen LogP contribution in [0.25, 0.3) is 0 Å². The summed E-state index contributed by atoms with van der Waals surface area (Å²) in [6.07, 6.45) is 7.16. The fourth-order valence-corrected chi connectivity index (χ4v) is 3.57. The van der Waals surface area contributed by atoms with Gasteiger partial charge in [0.1, 0.15) is 10.6 Å². The van der Waals surface area contributed by atoms with Crippen LogP contribution in [0.3, 0.4) is 0 Å². The van der Waals surface area contributed by atoms with Gasteiger partial charge in [-0.3, -0.25) is 0 Å². The minimum atomic E-state index is -3.60. The molecule has 0 radical (unpaired) electrons. The number of nitrogen functional groups attached to an aromatic ring is 1. The highest BCUT2D eigenvalue weighted by Crippen LogP contribution is 2.26. The van der Waals surface area contributed by atoms with Crippen molar-refractivity contribution in [1.29, 1.82) is 0 Å². The summed E-state index contributed by atoms with van der Waals surface area (Å²) in [5, 5.41) is 0. The molecule has 0 aliphatic heterocycles. The molecule has 0 heterocycles. The van der Waals surface area contributed by atoms with E-state index >= 15 is 0 Å². The van der Waals surface area contributed by atoms with Crippen molar-refractivity contribution in [3.8, 4) is 5.75 Å². The fourth-order valence-electron chi connectivity index (χ4n) is 2.25. The quantitative estimate of drug-likeness (QED) is 0.642. The largest absolute Gasteiger partial charge is 0.495 e. The zero-order valence-corrected chi connectivity index (χ0v) is 12.3. The standard InChI is InChI=1S/C14H20N2O3S/c1-19-13-8-7-12(15)9-14(13)20(17,18)16-10-11-5-3-2-4-6-11/h2-3,7-9,11,16H,4-6,10,15H2,1H3. The number of ether oxygens (including phenoxy) is 1. The molecular formula is C14H20N2O3S. The number of nitrogens with two attached hydrogens (primary N) is 1. The maximum absolute atomic E-state index is 12.3. The molecule has 0 fully saturated rings. The summed E-state index contributed by atoms with van der Waals surface area (Å²) in [4.78, 5) is 0.0892. The van der Waals surface area contributed by atoms with Crippen molar-refractivity contribution in [2.24, 2.45) is 5.92 Å². The summed E-state index contributed by atoms with van der Waals surface area (Å²) in [7, 11) is -2.16. The van der Waals surface area contributed by atoms with E-state index < -0.39 is 10.0 Å². The van der Waals surface area contributed by atoms with Gasteiger partial charge >= 0.3 is 0 Å². The van der Waals surface area contributed by atoms with Crippen molar-refractivity contribution in [3.05, 3.63) is 30.4 Å². The molecule has 1 unspecified atom stereocenters. The van der Waals surface area contributed by atoms with E-state index in [-0.39, 0.29) is 4.90 Å². The average molecular weight is 296 g/mol. The summed E-state index contributed by atoms with van der Waals surface area (Å²) in [5.41, 5.74) is 6.06. The normalized spacial score (nSPS) is 18.9. The van der Waals surface area contributed by atoms with E-state index in [1.54, 1.807) is 12.1 Å². The van der Waals surface area contributed by atoms with Gasteiger partial charge in [-0.1, -0.05) is 12.2 Å². The number of hydrogen-bond acceptors (Lipinski definition) is 4. The number of rotatable bonds is 5. The molecule has 0 spiro atoms. The summed E-state index contributed by atoms with van der Waals surface area (Å²) in [6, 6.07) is 4.60. The van der Waals surface area contributed by atoms with Crippen LogP contribution in [0.4, 0.5) is 5.69 Å². The first-order chi connectivity index (χ1) is 9.53. The van der Waals surface area contributed by atoms with Crippen LogP contribution in [0.2, 0.25) is 0 Å². The van der Waals surface area contributed by atoms with E-state index in [0.717, 1.165) is 19.3 Å². The summed E-state index contributed by atoms with van der Waals surface area (Å²) in [5.74, 6) is 0.650. The van der Waals surface area contributed by atoms with Crippen molar-refractivity contribution >= 4 is 15.7 Å². The molecule has 2 rings (SSSR count). The minimum absolute atomic E-state index is 0.0892. The number of hydrogen-bond donors (Lipinski definition) is 2. The summed E-state index contributed by atoms with van der Waals surface area (Å²) in [6.45, 7) is 0.435. The van der Waals surface area contributed by atoms with Crippen LogP contribution >= 0.6 is 0 Å². The Balaban J connectivity index is 2.13. The van der Waals surface area contributed by atoms with Gasteiger partial charge < -0.3 is 10.5 Å². The molecule has 0 aromatic heterocycles. The van der Waals surface area contributed by atoms with Gasteiger partial charge in [0.2, 0.25) is 10.0 Å². The minimum Gasteiger partial charge on any atom is -0.495 e. The molecule has 3 N–H and O–H groups in total. The van der Waals surface area contributed by atoms with Gasteiger partial charge in [-0.05, 0) is 43.4 Å². The Morgan fingerprint density at radius 3 is 2.85 bits per heavy atom. The van der Waals surface area contributed by atoms with E-state index in [1.807, 2.05) is 0 Å². The average Bonchev–Trinajstić information content (AvgIpc) is 2.46. The third kappa shape index (κ3) is 3.52. The van der Waals surface area contributed by atoms with E-state index in [9.17, 15) is 8.42 Å². The van der Waals surface area contributed by atoms with E-state index in [2.05, 4.69) is 16.9 Å². The van der Waals surface area contributed by atoms with Gasteiger partial charge in [-0.25, -0.2) is 13.1 Å². The topological polar surface area (TPSA) is 81.4 Å². The Bertz CT molecular complexity index is 596. The first-order valence-corrected chi connectivity index (χ1v) is 8.09. The second-order valence-corrected chi connectivity index (χ2v) is 6.65. The lowest BCUT2D eigenvalue weighted by molar-refractivity contribution is 0.402. The number of anilines is 1. The smallest absolute Gasteiger partial charge is 0.244 e. The van der Waals surface area contributed by atoms with Crippen molar-refractivity contribution in [2.75, 3.05) is 19.4 Å². The Morgan fingerprint density at radius 1 is 1.40 bits per heavy atom. The lowest BCUT2D eigenvalue weighted by Crippen LogP contribution is -2.30. The molecular weight excluding hydrogens is 276 g/mol. The fraction of sp³-hybridized carbons (Fsp3) is 0.429. The number of nitrogens with one attached hydrogen (secondary N) is 1. The Kier molecular flexibility index (Phi) is 4.67. The van der Waals surface area contributed by atoms with Crippen LogP contribution in [-0.4, -0.2) is 22.1 Å². The van der Waals surface area contributed by atoms with E-state index in [0.29, 0.717) is 23.9 Å². The number of methoxy groups -OCH3 is 1. The lowest BCUT2D eigenvalue weighted by atomic mass is 9.95. The molecule has 6 heteroatoms. The van der Waals surface area contributed by atoms with Crippen molar-refractivity contribution in [2.45, 2.75) is 24.2 Å². The van der Waals surface area contributed by atoms with Gasteiger partial charge in [-0.15, -0.1) is 0 Å². The Labute approximate surface area is 119 Å². The molecule has 110 valence electrons. The van der Waals surface area contributed by atoms with Crippen LogP contribution in [0, 0.1) is 5.92 Å². The van der Waals surface area contributed by atoms with Crippen LogP contribution in [0.1, 0.15) is 19.3 Å². The van der Waals surface area contributed by atoms with Crippen molar-refractivity contribution < 1.29 is 13.2 Å². The molecule has 1 aromatic carbocycles. The van der Waals surface area contributed by atoms with Crippen LogP contribution in [-0.2, 0) is 10.0 Å². The molecule has 0 saturated heterocycles. The van der Waals surface area contributed by atoms with Gasteiger partial charge in [0.15, 0.2) is 0 Å². The second-order valence-electron chi connectivity index (χ2n) is 4.91. The lowest BCUT2D eigenvalue weighted by Gasteiger charge is -2.18. The number of allylic oxidation sites excluding steroid dienone is 2. The van der Waals surface area contributed by atoms with Gasteiger partial charge in [-0.2, -0.15) is 0 Å². The second kappa shape index (κ2) is 6.28. The van der Waals surface area contributed by atoms with Crippen LogP contribution < -0.4 is 15.2 Å². The Hall–Kier alpha value is -1.53. The number of sulfonamides is 1. The highest BCUT2D eigenvalue weighted by molar-refractivity contribution is 7.89. The van der Waals surface area contributed by atoms with Crippen molar-refractivity contribution in [3.63, 3.8) is 0 Å². The number of benzene rings is 1. The third-order valence-corrected chi connectivity index (χ3v) is 4.86. The molecule has 1 aliphatic carbocycles. The maximum atomic E-state index is 12.3. The highest BCUT2D eigenvalue weighted by atomic mass is 32.2. The maximum Gasteiger partial charge on any atom is 0.244 e. The molecule has 1 aromatic rings. The summed E-state index contributed by atoms with van der Waals surface area (Å²) < 4.78 is 32.4. The Morgan fingerprint density at radius 2 is 2.20 bits per heavy atom. The highest BCUT2D eigenvalue weighted by Gasteiger charge is 2.21. The molecule has 1 atom stereocenters. The molecule has 0 saturated carbocycles. The zero-order valence-electron chi connectivity index (χ0n) is 11.5. The molecule has 0 bridgehead atoms. The molecule has 0 amide bonds. The van der Waals surface area contributed by atoms with Gasteiger partial charge in [0.05, 0.1) is 7.11 Å². The first kappa shape index (κ1) is 14.9. The van der Waals surface area contributed by atoms with Crippen LogP contribution in [0.15, 0.2) is 35.2 Å². The first-order valence-electron chi connectivity index (χ1n) is 6.61. The summed E-state index contributed by atoms with van der Waals surface area (Å²) >= 11 is 0. The monoisotopic (exact) mass is 296 g/mol. The SMILES string of the molecule is COc1ccc(N)cc1S(=O)(=O)NCC1CC=CCC1. The predicted octanol–water partition coefficient (Wildman–Crippen LogP) is 1.91. The molecule has 20 heavy (non-hydrogen) atoms. The van der Waals surface area contributed by atoms with Crippen LogP contribution in [0.5, 0.6) is 5.75 Å². The third-order valence-electron chi connectivity index (χ3n) is 3.42.